The molecule has 10 heteroatoms. The molecule has 4 N–H and O–H groups in total. The Bertz CT molecular complexity index is 616. The van der Waals surface area contributed by atoms with E-state index < -0.39 is 18.0 Å². The lowest BCUT2D eigenvalue weighted by atomic mass is 10.1. The number of carbonyl (C=O) groups excluding carboxylic acids is 1. The van der Waals surface area contributed by atoms with Crippen LogP contribution >= 0.6 is 11.5 Å². The summed E-state index contributed by atoms with van der Waals surface area (Å²) in [5.74, 6) is -1.09. The zero-order valence-corrected chi connectivity index (χ0v) is 11.4. The molecule has 1 aromatic heterocycles. The van der Waals surface area contributed by atoms with Gasteiger partial charge in [0.15, 0.2) is 0 Å². The molecule has 9 nitrogen and oxygen atoms in total. The number of aromatic hydroxyl groups is 1. The molecule has 0 aliphatic carbocycles. The van der Waals surface area contributed by atoms with Gasteiger partial charge in [-0.25, -0.2) is 9.59 Å². The van der Waals surface area contributed by atoms with Crippen LogP contribution in [0, 0.1) is 0 Å². The van der Waals surface area contributed by atoms with Crippen LogP contribution in [-0.4, -0.2) is 43.1 Å². The van der Waals surface area contributed by atoms with Gasteiger partial charge in [0.2, 0.25) is 5.13 Å². The molecule has 0 saturated carbocycles. The minimum Gasteiger partial charge on any atom is -0.508 e. The highest BCUT2D eigenvalue weighted by Gasteiger charge is 2.21. The molecule has 0 bridgehead atoms. The van der Waals surface area contributed by atoms with Crippen molar-refractivity contribution in [1.29, 1.82) is 0 Å². The molecule has 0 spiro atoms. The number of phenols is 1. The van der Waals surface area contributed by atoms with Crippen molar-refractivity contribution in [2.24, 2.45) is 0 Å². The SMILES string of the molecule is O=C(Nc1nnns1)N[C@@H](Cc1ccc(O)cc1)C(=O)O. The van der Waals surface area contributed by atoms with Gasteiger partial charge >= 0.3 is 12.0 Å². The number of urea groups is 1. The summed E-state index contributed by atoms with van der Waals surface area (Å²) in [5, 5.41) is 29.9. The van der Waals surface area contributed by atoms with Gasteiger partial charge in [-0.15, -0.1) is 0 Å². The number of benzene rings is 1. The predicted molar refractivity (Wildman–Crippen MR) is 73.1 cm³/mol. The van der Waals surface area contributed by atoms with Crippen molar-refractivity contribution < 1.29 is 19.8 Å². The van der Waals surface area contributed by atoms with Crippen molar-refractivity contribution in [3.63, 3.8) is 0 Å². The second-order valence-electron chi connectivity index (χ2n) is 4.03. The van der Waals surface area contributed by atoms with Gasteiger partial charge < -0.3 is 15.5 Å². The number of rotatable bonds is 5. The number of hydrogen-bond donors (Lipinski definition) is 4. The summed E-state index contributed by atoms with van der Waals surface area (Å²) in [6.45, 7) is 0. The highest BCUT2D eigenvalue weighted by Crippen LogP contribution is 2.11. The Kier molecular flexibility index (Phi) is 4.61. The lowest BCUT2D eigenvalue weighted by molar-refractivity contribution is -0.139. The van der Waals surface area contributed by atoms with Crippen molar-refractivity contribution >= 4 is 28.7 Å². The molecule has 1 aromatic carbocycles. The first kappa shape index (κ1) is 14.7. The highest BCUT2D eigenvalue weighted by atomic mass is 32.1. The van der Waals surface area contributed by atoms with Gasteiger partial charge in [-0.05, 0) is 22.9 Å². The first-order valence-electron chi connectivity index (χ1n) is 5.78. The van der Waals surface area contributed by atoms with Crippen LogP contribution in [0.2, 0.25) is 0 Å². The Balaban J connectivity index is 1.97. The van der Waals surface area contributed by atoms with E-state index in [2.05, 4.69) is 25.4 Å². The third-order valence-corrected chi connectivity index (χ3v) is 3.01. The summed E-state index contributed by atoms with van der Waals surface area (Å²) in [5.41, 5.74) is 0.665. The lowest BCUT2D eigenvalue weighted by Gasteiger charge is -2.14. The number of phenolic OH excluding ortho intramolecular Hbond substituents is 1. The van der Waals surface area contributed by atoms with Crippen molar-refractivity contribution in [3.8, 4) is 5.75 Å². The Morgan fingerprint density at radius 3 is 2.57 bits per heavy atom. The average molecular weight is 309 g/mol. The Morgan fingerprint density at radius 2 is 2.00 bits per heavy atom. The molecule has 2 aromatic rings. The summed E-state index contributed by atoms with van der Waals surface area (Å²) < 4.78 is 3.46. The number of hydrogen-bond acceptors (Lipinski definition) is 7. The highest BCUT2D eigenvalue weighted by molar-refractivity contribution is 7.09. The standard InChI is InChI=1S/C11H11N5O4S/c17-7-3-1-6(2-4-7)5-8(9(18)19)12-10(20)13-11-14-15-16-21-11/h1-4,8,17H,5H2,(H,18,19)(H2,12,13,14,16,20)/t8-/m0/s1. The van der Waals surface area contributed by atoms with E-state index in [4.69, 9.17) is 5.11 Å². The zero-order chi connectivity index (χ0) is 15.2. The Labute approximate surface area is 122 Å². The quantitative estimate of drug-likeness (QED) is 0.629. The fraction of sp³-hybridized carbons (Fsp3) is 0.182. The summed E-state index contributed by atoms with van der Waals surface area (Å²) in [7, 11) is 0. The first-order valence-corrected chi connectivity index (χ1v) is 6.55. The van der Waals surface area contributed by atoms with Gasteiger partial charge in [-0.2, -0.15) is 0 Å². The second kappa shape index (κ2) is 6.61. The van der Waals surface area contributed by atoms with Crippen LogP contribution in [0.4, 0.5) is 9.93 Å². The number of carboxylic acids is 1. The van der Waals surface area contributed by atoms with E-state index in [-0.39, 0.29) is 17.3 Å². The van der Waals surface area contributed by atoms with Crippen LogP contribution in [0.25, 0.3) is 0 Å². The van der Waals surface area contributed by atoms with Gasteiger partial charge in [0.05, 0.1) is 0 Å². The van der Waals surface area contributed by atoms with Crippen LogP contribution in [0.15, 0.2) is 24.3 Å². The van der Waals surface area contributed by atoms with E-state index in [1.807, 2.05) is 0 Å². The minimum atomic E-state index is -1.17. The maximum Gasteiger partial charge on any atom is 0.326 e. The summed E-state index contributed by atoms with van der Waals surface area (Å²) in [6, 6.07) is 4.23. The third-order valence-electron chi connectivity index (χ3n) is 2.50. The number of carbonyl (C=O) groups is 2. The van der Waals surface area contributed by atoms with Gasteiger partial charge in [0.25, 0.3) is 0 Å². The normalized spacial score (nSPS) is 11.6. The molecule has 0 aliphatic rings. The van der Waals surface area contributed by atoms with E-state index >= 15 is 0 Å². The van der Waals surface area contributed by atoms with Gasteiger partial charge in [0, 0.05) is 18.0 Å². The minimum absolute atomic E-state index is 0.0808. The lowest BCUT2D eigenvalue weighted by Crippen LogP contribution is -2.44. The number of amides is 2. The second-order valence-corrected chi connectivity index (χ2v) is 4.76. The number of nitrogens with one attached hydrogen (secondary N) is 2. The van der Waals surface area contributed by atoms with E-state index in [1.165, 1.54) is 12.1 Å². The molecule has 2 amide bonds. The average Bonchev–Trinajstić information content (AvgIpc) is 2.93. The van der Waals surface area contributed by atoms with Gasteiger partial charge in [-0.1, -0.05) is 21.7 Å². The molecule has 0 aliphatic heterocycles. The molecule has 0 fully saturated rings. The van der Waals surface area contributed by atoms with E-state index in [0.717, 1.165) is 11.5 Å². The van der Waals surface area contributed by atoms with E-state index in [9.17, 15) is 14.7 Å². The van der Waals surface area contributed by atoms with Crippen molar-refractivity contribution in [3.05, 3.63) is 29.8 Å². The monoisotopic (exact) mass is 309 g/mol. The molecule has 0 unspecified atom stereocenters. The van der Waals surface area contributed by atoms with Crippen molar-refractivity contribution in [2.45, 2.75) is 12.5 Å². The van der Waals surface area contributed by atoms with Gasteiger partial charge in [-0.3, -0.25) is 5.32 Å². The van der Waals surface area contributed by atoms with Crippen LogP contribution in [0.5, 0.6) is 5.75 Å². The molecule has 2 rings (SSSR count). The number of aromatic nitrogens is 3. The topological polar surface area (TPSA) is 137 Å². The molecule has 1 heterocycles. The molecule has 0 radical (unpaired) electrons. The first-order chi connectivity index (χ1) is 10.0. The van der Waals surface area contributed by atoms with E-state index in [1.54, 1.807) is 12.1 Å². The third kappa shape index (κ3) is 4.38. The van der Waals surface area contributed by atoms with Crippen LogP contribution in [0.1, 0.15) is 5.56 Å². The summed E-state index contributed by atoms with van der Waals surface area (Å²) >= 11 is 0.873. The number of anilines is 1. The smallest absolute Gasteiger partial charge is 0.326 e. The van der Waals surface area contributed by atoms with Crippen LogP contribution in [-0.2, 0) is 11.2 Å². The number of carboxylic acid groups (broad SMARTS) is 1. The number of nitrogens with zero attached hydrogens (tertiary/aromatic N) is 3. The molecular formula is C11H11N5O4S. The van der Waals surface area contributed by atoms with E-state index in [0.29, 0.717) is 5.56 Å². The van der Waals surface area contributed by atoms with Crippen LogP contribution < -0.4 is 10.6 Å². The maximum atomic E-state index is 11.7. The van der Waals surface area contributed by atoms with Gasteiger partial charge in [0.1, 0.15) is 11.8 Å². The number of aliphatic carboxylic acids is 1. The molecule has 1 atom stereocenters. The largest absolute Gasteiger partial charge is 0.508 e. The molecule has 110 valence electrons. The summed E-state index contributed by atoms with van der Waals surface area (Å²) in [6.07, 6.45) is 0.0808. The van der Waals surface area contributed by atoms with Crippen LogP contribution in [0.3, 0.4) is 0 Å². The maximum absolute atomic E-state index is 11.7. The Hall–Kier alpha value is -2.75. The molecule has 21 heavy (non-hydrogen) atoms. The van der Waals surface area contributed by atoms with Crippen molar-refractivity contribution in [2.75, 3.05) is 5.32 Å². The molecule has 0 saturated heterocycles. The van der Waals surface area contributed by atoms with Crippen molar-refractivity contribution in [1.82, 2.24) is 20.1 Å². The predicted octanol–water partition coefficient (Wildman–Crippen LogP) is 0.456. The fourth-order valence-electron chi connectivity index (χ4n) is 1.54. The fourth-order valence-corrected chi connectivity index (χ4v) is 1.90. The Morgan fingerprint density at radius 1 is 1.29 bits per heavy atom. The zero-order valence-electron chi connectivity index (χ0n) is 10.6. The molecular weight excluding hydrogens is 298 g/mol. The summed E-state index contributed by atoms with van der Waals surface area (Å²) in [4.78, 5) is 22.8.